The summed E-state index contributed by atoms with van der Waals surface area (Å²) >= 11 is 0. The van der Waals surface area contributed by atoms with Crippen molar-refractivity contribution in [2.75, 3.05) is 0 Å². The molecule has 9 nitrogen and oxygen atoms in total. The van der Waals surface area contributed by atoms with E-state index in [1.54, 1.807) is 54.6 Å². The number of nitrogens with two attached hydrogens (primary N) is 1. The molecule has 1 atom stereocenters. The molecule has 12 heteroatoms. The van der Waals surface area contributed by atoms with Crippen molar-refractivity contribution >= 4 is 23.6 Å². The maximum Gasteiger partial charge on any atom is 0.493 e. The van der Waals surface area contributed by atoms with E-state index in [2.05, 4.69) is 15.5 Å². The normalized spacial score (nSPS) is 11.9. The van der Waals surface area contributed by atoms with Crippen LogP contribution < -0.4 is 21.2 Å². The van der Waals surface area contributed by atoms with Gasteiger partial charge < -0.3 is 21.2 Å². The summed E-state index contributed by atoms with van der Waals surface area (Å²) in [5.74, 6) is -4.08. The third-order valence-electron chi connectivity index (χ3n) is 5.39. The highest BCUT2D eigenvalue weighted by Gasteiger charge is 2.43. The van der Waals surface area contributed by atoms with E-state index in [4.69, 9.17) is 11.1 Å². The number of nitrogen functional groups attached to an aromatic ring is 1. The Labute approximate surface area is 209 Å². The van der Waals surface area contributed by atoms with Crippen LogP contribution in [-0.2, 0) is 16.1 Å². The SMILES string of the molecule is Cc1c(-c2ccccc2)cc(C(=O)N[C@@H](C)C(=O)NCc2ccc(C(=N)N)cc2)n1OC(=O)C(F)(F)F. The number of amidine groups is 1. The molecule has 0 aliphatic rings. The van der Waals surface area contributed by atoms with E-state index in [0.29, 0.717) is 27.0 Å². The van der Waals surface area contributed by atoms with Gasteiger partial charge in [-0.05, 0) is 31.0 Å². The number of benzene rings is 2. The van der Waals surface area contributed by atoms with Gasteiger partial charge in [-0.15, -0.1) is 0 Å². The molecule has 3 aromatic rings. The van der Waals surface area contributed by atoms with Crippen molar-refractivity contribution in [1.29, 1.82) is 5.41 Å². The van der Waals surface area contributed by atoms with Crippen LogP contribution in [0.2, 0.25) is 0 Å². The van der Waals surface area contributed by atoms with Crippen LogP contribution in [0.1, 0.15) is 34.2 Å². The number of carbonyl (C=O) groups excluding carboxylic acids is 3. The monoisotopic (exact) mass is 515 g/mol. The van der Waals surface area contributed by atoms with Crippen molar-refractivity contribution < 1.29 is 32.4 Å². The minimum absolute atomic E-state index is 0.0834. The van der Waals surface area contributed by atoms with Crippen molar-refractivity contribution in [3.05, 3.63) is 83.2 Å². The zero-order chi connectivity index (χ0) is 27.3. The van der Waals surface area contributed by atoms with Gasteiger partial charge in [-0.2, -0.15) is 17.9 Å². The van der Waals surface area contributed by atoms with E-state index in [-0.39, 0.29) is 18.1 Å². The predicted octanol–water partition coefficient (Wildman–Crippen LogP) is 2.70. The summed E-state index contributed by atoms with van der Waals surface area (Å²) in [7, 11) is 0. The van der Waals surface area contributed by atoms with Crippen LogP contribution in [0.5, 0.6) is 0 Å². The van der Waals surface area contributed by atoms with Crippen LogP contribution in [0.3, 0.4) is 0 Å². The maximum atomic E-state index is 13.0. The number of alkyl halides is 3. The Balaban J connectivity index is 1.77. The van der Waals surface area contributed by atoms with Crippen LogP contribution in [0.4, 0.5) is 13.2 Å². The molecule has 2 amide bonds. The maximum absolute atomic E-state index is 13.0. The summed E-state index contributed by atoms with van der Waals surface area (Å²) < 4.78 is 39.1. The van der Waals surface area contributed by atoms with Gasteiger partial charge in [0.25, 0.3) is 5.91 Å². The molecule has 0 fully saturated rings. The molecule has 0 spiro atoms. The zero-order valence-corrected chi connectivity index (χ0v) is 19.8. The Morgan fingerprint density at radius 1 is 1.08 bits per heavy atom. The van der Waals surface area contributed by atoms with Crippen molar-refractivity contribution in [3.63, 3.8) is 0 Å². The van der Waals surface area contributed by atoms with Crippen molar-refractivity contribution in [2.45, 2.75) is 32.6 Å². The molecule has 0 saturated heterocycles. The average molecular weight is 515 g/mol. The van der Waals surface area contributed by atoms with Crippen LogP contribution in [0, 0.1) is 12.3 Å². The van der Waals surface area contributed by atoms with Gasteiger partial charge >= 0.3 is 12.1 Å². The molecule has 1 heterocycles. The highest BCUT2D eigenvalue weighted by molar-refractivity contribution is 5.98. The molecule has 3 rings (SSSR count). The van der Waals surface area contributed by atoms with E-state index >= 15 is 0 Å². The van der Waals surface area contributed by atoms with Gasteiger partial charge in [0, 0.05) is 17.7 Å². The highest BCUT2D eigenvalue weighted by Crippen LogP contribution is 2.27. The molecule has 37 heavy (non-hydrogen) atoms. The molecule has 1 aromatic heterocycles. The number of carbonyl (C=O) groups is 3. The summed E-state index contributed by atoms with van der Waals surface area (Å²) in [4.78, 5) is 41.5. The summed E-state index contributed by atoms with van der Waals surface area (Å²) in [6, 6.07) is 15.3. The molecule has 0 aliphatic carbocycles. The summed E-state index contributed by atoms with van der Waals surface area (Å²) in [6.45, 7) is 2.91. The van der Waals surface area contributed by atoms with Gasteiger partial charge in [-0.25, -0.2) is 4.79 Å². The summed E-state index contributed by atoms with van der Waals surface area (Å²) in [5, 5.41) is 12.4. The first-order valence-electron chi connectivity index (χ1n) is 11.0. The number of amides is 2. The minimum atomic E-state index is -5.28. The fourth-order valence-corrected chi connectivity index (χ4v) is 3.39. The Kier molecular flexibility index (Phi) is 8.01. The van der Waals surface area contributed by atoms with Crippen LogP contribution in [-0.4, -0.2) is 40.6 Å². The lowest BCUT2D eigenvalue weighted by molar-refractivity contribution is -0.200. The van der Waals surface area contributed by atoms with E-state index < -0.39 is 35.7 Å². The van der Waals surface area contributed by atoms with Gasteiger partial charge in [0.1, 0.15) is 17.6 Å². The topological polar surface area (TPSA) is 139 Å². The highest BCUT2D eigenvalue weighted by atomic mass is 19.4. The molecular formula is C25H24F3N5O4. The van der Waals surface area contributed by atoms with E-state index in [9.17, 15) is 27.6 Å². The van der Waals surface area contributed by atoms with Gasteiger partial charge in [-0.1, -0.05) is 54.6 Å². The number of nitrogens with zero attached hydrogens (tertiary/aromatic N) is 1. The first-order valence-corrected chi connectivity index (χ1v) is 11.0. The number of aromatic nitrogens is 1. The Morgan fingerprint density at radius 2 is 1.70 bits per heavy atom. The molecule has 0 saturated carbocycles. The zero-order valence-electron chi connectivity index (χ0n) is 19.8. The molecular weight excluding hydrogens is 491 g/mol. The van der Waals surface area contributed by atoms with E-state index in [1.807, 2.05) is 0 Å². The molecule has 5 N–H and O–H groups in total. The van der Waals surface area contributed by atoms with Gasteiger partial charge in [-0.3, -0.25) is 15.0 Å². The number of nitrogens with one attached hydrogen (secondary N) is 3. The second-order valence-corrected chi connectivity index (χ2v) is 8.09. The lowest BCUT2D eigenvalue weighted by atomic mass is 10.1. The standard InChI is InChI=1S/C25H24F3N5O4/c1-14(22(34)31-13-16-8-10-18(11-9-16)21(29)30)32-23(35)20-12-19(17-6-4-3-5-7-17)15(2)33(20)37-24(36)25(26,27)28/h3-12,14H,13H2,1-2H3,(H3,29,30)(H,31,34)(H,32,35)/t14-/m0/s1. The molecule has 0 unspecified atom stereocenters. The minimum Gasteiger partial charge on any atom is -0.384 e. The molecule has 0 aliphatic heterocycles. The van der Waals surface area contributed by atoms with Crippen LogP contribution in [0.15, 0.2) is 60.7 Å². The lowest BCUT2D eigenvalue weighted by Crippen LogP contribution is -2.45. The van der Waals surface area contributed by atoms with Crippen molar-refractivity contribution in [3.8, 4) is 11.1 Å². The second kappa shape index (κ2) is 11.0. The second-order valence-electron chi connectivity index (χ2n) is 8.09. The van der Waals surface area contributed by atoms with Crippen molar-refractivity contribution in [1.82, 2.24) is 15.4 Å². The lowest BCUT2D eigenvalue weighted by Gasteiger charge is -2.16. The number of hydrogen-bond acceptors (Lipinski definition) is 5. The van der Waals surface area contributed by atoms with Crippen LogP contribution >= 0.6 is 0 Å². The number of halogens is 3. The molecule has 194 valence electrons. The molecule has 0 radical (unpaired) electrons. The largest absolute Gasteiger partial charge is 0.493 e. The number of hydrogen-bond donors (Lipinski definition) is 4. The fourth-order valence-electron chi connectivity index (χ4n) is 3.39. The average Bonchev–Trinajstić information content (AvgIpc) is 3.18. The summed E-state index contributed by atoms with van der Waals surface area (Å²) in [5.41, 5.74) is 7.29. The van der Waals surface area contributed by atoms with E-state index in [0.717, 1.165) is 0 Å². The van der Waals surface area contributed by atoms with E-state index in [1.165, 1.54) is 19.9 Å². The third-order valence-corrected chi connectivity index (χ3v) is 5.39. The fraction of sp³-hybridized carbons (Fsp3) is 0.200. The van der Waals surface area contributed by atoms with Gasteiger partial charge in [0.2, 0.25) is 5.91 Å². The Morgan fingerprint density at radius 3 is 2.27 bits per heavy atom. The Hall–Kier alpha value is -4.61. The Bertz CT molecular complexity index is 1320. The number of rotatable bonds is 8. The van der Waals surface area contributed by atoms with Gasteiger partial charge in [0.15, 0.2) is 0 Å². The first kappa shape index (κ1) is 27.0. The third kappa shape index (κ3) is 6.54. The predicted molar refractivity (Wildman–Crippen MR) is 128 cm³/mol. The van der Waals surface area contributed by atoms with Gasteiger partial charge in [0.05, 0.1) is 5.69 Å². The quantitative estimate of drug-likeness (QED) is 0.270. The smallest absolute Gasteiger partial charge is 0.384 e. The molecule has 0 bridgehead atoms. The van der Waals surface area contributed by atoms with Crippen LogP contribution in [0.25, 0.3) is 11.1 Å². The summed E-state index contributed by atoms with van der Waals surface area (Å²) in [6.07, 6.45) is -5.28. The first-order chi connectivity index (χ1) is 17.4. The molecule has 2 aromatic carbocycles. The van der Waals surface area contributed by atoms with Crippen molar-refractivity contribution in [2.24, 2.45) is 5.73 Å².